The van der Waals surface area contributed by atoms with Crippen LogP contribution in [0.1, 0.15) is 39.7 Å². The van der Waals surface area contributed by atoms with Crippen LogP contribution >= 0.6 is 24.8 Å². The van der Waals surface area contributed by atoms with Crippen molar-refractivity contribution in [3.8, 4) is 0 Å². The average Bonchev–Trinajstić information content (AvgIpc) is 2.75. The fourth-order valence-corrected chi connectivity index (χ4v) is 6.40. The zero-order valence-electron chi connectivity index (χ0n) is 13.4. The van der Waals surface area contributed by atoms with E-state index < -0.39 is 18.3 Å². The normalized spacial score (nSPS) is 13.8. The third kappa shape index (κ3) is 4.71. The van der Waals surface area contributed by atoms with E-state index in [1.54, 1.807) is 0 Å². The molecule has 117 valence electrons. The monoisotopic (exact) mass is 363 g/mol. The maximum Gasteiger partial charge on any atom is -0.147 e. The van der Waals surface area contributed by atoms with Crippen molar-refractivity contribution >= 4 is 34.3 Å². The molecule has 0 radical (unpaired) electrons. The van der Waals surface area contributed by atoms with Gasteiger partial charge in [0.25, 0.3) is 0 Å². The smallest absolute Gasteiger partial charge is 0.147 e. The predicted molar refractivity (Wildman–Crippen MR) is 93.6 cm³/mol. The Kier molecular flexibility index (Phi) is 8.53. The van der Waals surface area contributed by atoms with Gasteiger partial charge in [0.1, 0.15) is 0 Å². The van der Waals surface area contributed by atoms with Crippen molar-refractivity contribution in [3.05, 3.63) is 47.6 Å². The van der Waals surface area contributed by atoms with E-state index in [-0.39, 0.29) is 28.5 Å². The van der Waals surface area contributed by atoms with E-state index in [1.165, 1.54) is 20.6 Å². The summed E-state index contributed by atoms with van der Waals surface area (Å²) in [5.41, 5.74) is 4.29. The number of benzene rings is 1. The molecule has 1 aromatic rings. The molecule has 0 saturated carbocycles. The van der Waals surface area contributed by atoms with Crippen LogP contribution in [0.15, 0.2) is 42.0 Å². The van der Waals surface area contributed by atoms with Crippen molar-refractivity contribution in [2.45, 2.75) is 37.8 Å². The van der Waals surface area contributed by atoms with Crippen LogP contribution in [0.4, 0.5) is 0 Å². The predicted octanol–water partition coefficient (Wildman–Crippen LogP) is 5.29. The van der Waals surface area contributed by atoms with Crippen LogP contribution in [0.3, 0.4) is 0 Å². The molecule has 0 unspecified atom stereocenters. The van der Waals surface area contributed by atoms with Crippen molar-refractivity contribution in [2.24, 2.45) is 0 Å². The van der Waals surface area contributed by atoms with E-state index in [9.17, 15) is 0 Å². The van der Waals surface area contributed by atoms with Gasteiger partial charge in [-0.15, -0.1) is 24.8 Å². The minimum absolute atomic E-state index is 0. The fraction of sp³-hybridized carbons (Fsp3) is 0.412. The summed E-state index contributed by atoms with van der Waals surface area (Å²) < 4.78 is 7.68. The summed E-state index contributed by atoms with van der Waals surface area (Å²) in [6.07, 6.45) is 5.54. The standard InChI is InChI=1S/C12H11.C4H9.CH3O.2ClH.Ti/c1-10-6-5-9-12(10)11-7-3-2-4-8-11;1-4(2)3;1-2;;;/h2-7H,9H2,1H3;1-3H3;1H3;2*1H;/q;;-1;;;+1. The van der Waals surface area contributed by atoms with Crippen molar-refractivity contribution in [1.29, 1.82) is 0 Å². The summed E-state index contributed by atoms with van der Waals surface area (Å²) in [4.78, 5) is 0. The summed E-state index contributed by atoms with van der Waals surface area (Å²) in [6, 6.07) is 8.83. The Morgan fingerprint density at radius 3 is 2.19 bits per heavy atom. The van der Waals surface area contributed by atoms with Crippen LogP contribution in [0.5, 0.6) is 0 Å². The van der Waals surface area contributed by atoms with Gasteiger partial charge in [0, 0.05) is 0 Å². The van der Waals surface area contributed by atoms with Gasteiger partial charge in [0.15, 0.2) is 0 Å². The first kappa shape index (κ1) is 21.0. The number of hydrogen-bond acceptors (Lipinski definition) is 1. The summed E-state index contributed by atoms with van der Waals surface area (Å²) >= 11 is -1.76. The second-order valence-electron chi connectivity index (χ2n) is 6.10. The molecule has 2 rings (SSSR count). The Balaban J connectivity index is 0.00000200. The quantitative estimate of drug-likeness (QED) is 0.663. The van der Waals surface area contributed by atoms with Gasteiger partial charge in [-0.2, -0.15) is 0 Å². The van der Waals surface area contributed by atoms with E-state index in [2.05, 4.69) is 64.1 Å². The first-order valence-electron chi connectivity index (χ1n) is 6.82. The van der Waals surface area contributed by atoms with Gasteiger partial charge < -0.3 is 0 Å². The first-order valence-corrected chi connectivity index (χ1v) is 9.02. The molecule has 4 heteroatoms. The van der Waals surface area contributed by atoms with Crippen molar-refractivity contribution in [1.82, 2.24) is 0 Å². The zero-order chi connectivity index (χ0) is 14.0. The van der Waals surface area contributed by atoms with Crippen molar-refractivity contribution in [2.75, 3.05) is 7.11 Å². The molecule has 21 heavy (non-hydrogen) atoms. The summed E-state index contributed by atoms with van der Waals surface area (Å²) in [6.45, 7) is 9.11. The van der Waals surface area contributed by atoms with Crippen LogP contribution in [0, 0.1) is 0 Å². The zero-order valence-corrected chi connectivity index (χ0v) is 16.6. The second-order valence-corrected chi connectivity index (χ2v) is 10.9. The number of halogens is 2. The van der Waals surface area contributed by atoms with Gasteiger partial charge >= 0.3 is 124 Å². The Hall–Kier alpha value is -0.0457. The van der Waals surface area contributed by atoms with E-state index in [4.69, 9.17) is 3.32 Å². The number of rotatable bonds is 3. The largest absolute Gasteiger partial charge is 0.147 e. The minimum atomic E-state index is -1.76. The molecule has 0 bridgehead atoms. The third-order valence-electron chi connectivity index (χ3n) is 3.55. The molecule has 0 amide bonds. The molecule has 0 aromatic heterocycles. The molecule has 0 heterocycles. The molecule has 1 nitrogen and oxygen atoms in total. The van der Waals surface area contributed by atoms with Crippen molar-refractivity contribution in [3.63, 3.8) is 0 Å². The van der Waals surface area contributed by atoms with Crippen LogP contribution in [-0.4, -0.2) is 7.11 Å². The van der Waals surface area contributed by atoms with E-state index in [0.29, 0.717) is 0 Å². The molecule has 0 N–H and O–H groups in total. The van der Waals surface area contributed by atoms with Gasteiger partial charge in [0.05, 0.1) is 0 Å². The second kappa shape index (κ2) is 8.55. The minimum Gasteiger partial charge on any atom is -0.147 e. The maximum atomic E-state index is 5.96. The van der Waals surface area contributed by atoms with Crippen LogP contribution in [-0.2, 0) is 21.6 Å². The van der Waals surface area contributed by atoms with Crippen LogP contribution in [0.25, 0.3) is 5.57 Å². The van der Waals surface area contributed by atoms with E-state index in [1.807, 2.05) is 7.11 Å². The number of allylic oxidation sites excluding steroid dienone is 4. The molecule has 0 atom stereocenters. The van der Waals surface area contributed by atoms with E-state index in [0.717, 1.165) is 6.42 Å². The molecule has 0 saturated heterocycles. The Bertz CT molecular complexity index is 530. The SMILES string of the molecule is C[O][Ti]([c]1ccccc1C1=C(C)C=CC1)[C](C)(C)C.Cl.Cl. The molecule has 0 fully saturated rings. The molecular weight excluding hydrogens is 339 g/mol. The van der Waals surface area contributed by atoms with Crippen LogP contribution < -0.4 is 3.87 Å². The summed E-state index contributed by atoms with van der Waals surface area (Å²) in [5, 5.41) is 0. The fourth-order valence-electron chi connectivity index (χ4n) is 2.70. The Labute approximate surface area is 148 Å². The molecule has 0 aliphatic heterocycles. The molecule has 1 aromatic carbocycles. The maximum absolute atomic E-state index is 5.96. The summed E-state index contributed by atoms with van der Waals surface area (Å²) in [5.74, 6) is 0. The van der Waals surface area contributed by atoms with Gasteiger partial charge in [-0.05, 0) is 0 Å². The van der Waals surface area contributed by atoms with Gasteiger partial charge in [-0.1, -0.05) is 0 Å². The summed E-state index contributed by atoms with van der Waals surface area (Å²) in [7, 11) is 1.88. The molecule has 1 aliphatic carbocycles. The van der Waals surface area contributed by atoms with Crippen LogP contribution in [0.2, 0.25) is 3.72 Å². The van der Waals surface area contributed by atoms with Gasteiger partial charge in [-0.3, -0.25) is 0 Å². The average molecular weight is 364 g/mol. The molecular formula is C17H25Cl2OTi. The first-order chi connectivity index (χ1) is 8.95. The molecule has 0 spiro atoms. The Morgan fingerprint density at radius 2 is 1.71 bits per heavy atom. The van der Waals surface area contributed by atoms with E-state index >= 15 is 0 Å². The number of hydrogen-bond donors (Lipinski definition) is 0. The van der Waals surface area contributed by atoms with Gasteiger partial charge in [-0.25, -0.2) is 0 Å². The topological polar surface area (TPSA) is 9.23 Å². The third-order valence-corrected chi connectivity index (χ3v) is 7.76. The molecule has 1 aliphatic rings. The van der Waals surface area contributed by atoms with Crippen molar-refractivity contribution < 1.29 is 21.6 Å². The van der Waals surface area contributed by atoms with Gasteiger partial charge in [0.2, 0.25) is 0 Å². The Morgan fingerprint density at radius 1 is 1.10 bits per heavy atom.